The number of hydrogen-bond donors (Lipinski definition) is 0. The second-order valence-electron chi connectivity index (χ2n) is 3.27. The zero-order valence-electron chi connectivity index (χ0n) is 7.89. The smallest absolute Gasteiger partial charge is 0.0842 e. The van der Waals surface area contributed by atoms with Gasteiger partial charge in [0.15, 0.2) is 0 Å². The Morgan fingerprint density at radius 1 is 1.27 bits per heavy atom. The maximum absolute atomic E-state index is 5.51. The van der Waals surface area contributed by atoms with Gasteiger partial charge in [-0.1, -0.05) is 13.8 Å². The van der Waals surface area contributed by atoms with E-state index in [2.05, 4.69) is 11.9 Å². The first-order valence-corrected chi connectivity index (χ1v) is 4.63. The van der Waals surface area contributed by atoms with Gasteiger partial charge in [0.25, 0.3) is 0 Å². The predicted octanol–water partition coefficient (Wildman–Crippen LogP) is 1.51. The molecule has 0 bridgehead atoms. The molecule has 2 fully saturated rings. The predicted molar refractivity (Wildman–Crippen MR) is 46.8 cm³/mol. The number of nitrogens with zero attached hydrogens (tertiary/aromatic N) is 1. The van der Waals surface area contributed by atoms with Gasteiger partial charge in [-0.05, 0) is 13.5 Å². The number of likely N-dealkylation sites (tertiary alicyclic amines) is 1. The molecular weight excluding hydrogens is 138 g/mol. The van der Waals surface area contributed by atoms with Crippen LogP contribution in [0.3, 0.4) is 0 Å². The molecule has 0 aromatic rings. The van der Waals surface area contributed by atoms with Crippen LogP contribution in [-0.4, -0.2) is 37.2 Å². The van der Waals surface area contributed by atoms with E-state index in [9.17, 15) is 0 Å². The summed E-state index contributed by atoms with van der Waals surface area (Å²) < 4.78 is 5.51. The Balaban J connectivity index is 0.000000281. The molecule has 2 heteroatoms. The molecule has 0 aliphatic carbocycles. The van der Waals surface area contributed by atoms with Crippen LogP contribution in [0.1, 0.15) is 26.7 Å². The van der Waals surface area contributed by atoms with Crippen molar-refractivity contribution in [3.63, 3.8) is 0 Å². The third-order valence-corrected chi connectivity index (χ3v) is 2.47. The molecule has 0 N–H and O–H groups in total. The van der Waals surface area contributed by atoms with Crippen molar-refractivity contribution in [2.75, 3.05) is 26.7 Å². The van der Waals surface area contributed by atoms with Crippen molar-refractivity contribution in [2.45, 2.75) is 32.3 Å². The molecule has 2 aliphatic rings. The summed E-state index contributed by atoms with van der Waals surface area (Å²) in [7, 11) is 2.16. The van der Waals surface area contributed by atoms with Crippen molar-refractivity contribution in [3.05, 3.63) is 0 Å². The first-order valence-electron chi connectivity index (χ1n) is 4.63. The number of rotatable bonds is 0. The summed E-state index contributed by atoms with van der Waals surface area (Å²) in [6.07, 6.45) is 2.54. The molecule has 1 unspecified atom stereocenters. The molecule has 11 heavy (non-hydrogen) atoms. The van der Waals surface area contributed by atoms with Gasteiger partial charge in [0.05, 0.1) is 12.2 Å². The van der Waals surface area contributed by atoms with Crippen LogP contribution in [0.15, 0.2) is 0 Å². The molecule has 1 atom stereocenters. The van der Waals surface area contributed by atoms with Crippen molar-refractivity contribution in [3.8, 4) is 0 Å². The van der Waals surface area contributed by atoms with Crippen LogP contribution < -0.4 is 0 Å². The van der Waals surface area contributed by atoms with Crippen LogP contribution in [0.25, 0.3) is 0 Å². The average Bonchev–Trinajstić information content (AvgIpc) is 2.35. The van der Waals surface area contributed by atoms with E-state index in [1.54, 1.807) is 0 Å². The van der Waals surface area contributed by atoms with Crippen LogP contribution in [0, 0.1) is 0 Å². The Hall–Kier alpha value is -0.0800. The average molecular weight is 157 g/mol. The van der Waals surface area contributed by atoms with E-state index in [1.807, 2.05) is 13.8 Å². The molecule has 2 nitrogen and oxygen atoms in total. The van der Waals surface area contributed by atoms with Crippen LogP contribution >= 0.6 is 0 Å². The van der Waals surface area contributed by atoms with Gasteiger partial charge in [0.1, 0.15) is 0 Å². The van der Waals surface area contributed by atoms with Gasteiger partial charge < -0.3 is 9.64 Å². The normalized spacial score (nSPS) is 36.3. The molecule has 2 aliphatic heterocycles. The van der Waals surface area contributed by atoms with Gasteiger partial charge in [-0.25, -0.2) is 0 Å². The molecule has 0 aromatic heterocycles. The lowest BCUT2D eigenvalue weighted by Crippen LogP contribution is -2.45. The molecule has 0 radical (unpaired) electrons. The molecular formula is C9H19NO. The fraction of sp³-hybridized carbons (Fsp3) is 1.00. The van der Waals surface area contributed by atoms with E-state index in [1.165, 1.54) is 19.4 Å². The van der Waals surface area contributed by atoms with Crippen molar-refractivity contribution >= 4 is 0 Å². The van der Waals surface area contributed by atoms with Gasteiger partial charge in [0, 0.05) is 19.5 Å². The maximum atomic E-state index is 5.51. The first-order chi connectivity index (χ1) is 5.31. The Labute approximate surface area is 69.5 Å². The minimum Gasteiger partial charge on any atom is -0.373 e. The molecule has 2 heterocycles. The zero-order valence-corrected chi connectivity index (χ0v) is 7.89. The van der Waals surface area contributed by atoms with Crippen LogP contribution in [0.4, 0.5) is 0 Å². The summed E-state index contributed by atoms with van der Waals surface area (Å²) >= 11 is 0. The molecule has 1 spiro atoms. The summed E-state index contributed by atoms with van der Waals surface area (Å²) in [6.45, 7) is 7.38. The molecule has 2 rings (SSSR count). The molecule has 66 valence electrons. The van der Waals surface area contributed by atoms with Gasteiger partial charge in [0.2, 0.25) is 0 Å². The summed E-state index contributed by atoms with van der Waals surface area (Å²) in [6, 6.07) is 0. The topological polar surface area (TPSA) is 12.5 Å². The zero-order chi connectivity index (χ0) is 8.32. The maximum Gasteiger partial charge on any atom is 0.0842 e. The lowest BCUT2D eigenvalue weighted by Gasteiger charge is -2.38. The lowest BCUT2D eigenvalue weighted by atomic mass is 9.94. The Morgan fingerprint density at radius 2 is 1.91 bits per heavy atom. The highest BCUT2D eigenvalue weighted by molar-refractivity contribution is 4.95. The van der Waals surface area contributed by atoms with Crippen LogP contribution in [-0.2, 0) is 4.74 Å². The monoisotopic (exact) mass is 157 g/mol. The van der Waals surface area contributed by atoms with Gasteiger partial charge >= 0.3 is 0 Å². The van der Waals surface area contributed by atoms with Gasteiger partial charge in [-0.3, -0.25) is 0 Å². The fourth-order valence-corrected chi connectivity index (χ4v) is 1.76. The standard InChI is InChI=1S/C7H13NO.C2H6/c1-8-4-2-7(6-8)3-5-9-7;1-2/h2-6H2,1H3;1-2H3. The summed E-state index contributed by atoms with van der Waals surface area (Å²) in [4.78, 5) is 2.35. The minimum absolute atomic E-state index is 0.314. The largest absolute Gasteiger partial charge is 0.373 e. The summed E-state index contributed by atoms with van der Waals surface area (Å²) in [5.74, 6) is 0. The number of ether oxygens (including phenoxy) is 1. The van der Waals surface area contributed by atoms with E-state index in [0.717, 1.165) is 13.2 Å². The van der Waals surface area contributed by atoms with Crippen molar-refractivity contribution < 1.29 is 4.74 Å². The van der Waals surface area contributed by atoms with E-state index in [0.29, 0.717) is 5.60 Å². The molecule has 0 aromatic carbocycles. The van der Waals surface area contributed by atoms with E-state index < -0.39 is 0 Å². The Bertz CT molecular complexity index is 121. The summed E-state index contributed by atoms with van der Waals surface area (Å²) in [5, 5.41) is 0. The molecule has 0 amide bonds. The van der Waals surface area contributed by atoms with Crippen molar-refractivity contribution in [1.82, 2.24) is 4.90 Å². The highest BCUT2D eigenvalue weighted by atomic mass is 16.5. The quantitative estimate of drug-likeness (QED) is 0.528. The van der Waals surface area contributed by atoms with E-state index in [4.69, 9.17) is 4.74 Å². The highest BCUT2D eigenvalue weighted by Gasteiger charge is 2.42. The summed E-state index contributed by atoms with van der Waals surface area (Å²) in [5.41, 5.74) is 0.314. The highest BCUT2D eigenvalue weighted by Crippen LogP contribution is 2.34. The molecule has 0 saturated carbocycles. The molecule has 2 saturated heterocycles. The van der Waals surface area contributed by atoms with Crippen molar-refractivity contribution in [2.24, 2.45) is 0 Å². The van der Waals surface area contributed by atoms with Gasteiger partial charge in [-0.15, -0.1) is 0 Å². The van der Waals surface area contributed by atoms with Crippen LogP contribution in [0.2, 0.25) is 0 Å². The third kappa shape index (κ3) is 1.74. The van der Waals surface area contributed by atoms with E-state index in [-0.39, 0.29) is 0 Å². The minimum atomic E-state index is 0.314. The fourth-order valence-electron chi connectivity index (χ4n) is 1.76. The van der Waals surface area contributed by atoms with Gasteiger partial charge in [-0.2, -0.15) is 0 Å². The number of likely N-dealkylation sites (N-methyl/N-ethyl adjacent to an activating group) is 1. The van der Waals surface area contributed by atoms with Crippen LogP contribution in [0.5, 0.6) is 0 Å². The number of hydrogen-bond acceptors (Lipinski definition) is 2. The Morgan fingerprint density at radius 3 is 2.09 bits per heavy atom. The second kappa shape index (κ2) is 3.55. The Kier molecular flexibility index (Phi) is 2.90. The third-order valence-electron chi connectivity index (χ3n) is 2.47. The first kappa shape index (κ1) is 9.01. The lowest BCUT2D eigenvalue weighted by molar-refractivity contribution is -0.136. The second-order valence-corrected chi connectivity index (χ2v) is 3.27. The van der Waals surface area contributed by atoms with Crippen molar-refractivity contribution in [1.29, 1.82) is 0 Å². The van der Waals surface area contributed by atoms with E-state index >= 15 is 0 Å². The SMILES string of the molecule is CC.CN1CCC2(CCO2)C1.